The fraction of sp³-hybridized carbons (Fsp3) is 0.455. The van der Waals surface area contributed by atoms with Crippen molar-refractivity contribution in [2.45, 2.75) is 50.7 Å². The molecule has 3 aromatic rings. The Morgan fingerprint density at radius 3 is 2.71 bits per heavy atom. The van der Waals surface area contributed by atoms with E-state index in [1.807, 2.05) is 4.90 Å². The smallest absolute Gasteiger partial charge is 0.356 e. The molecule has 1 atom stereocenters. The lowest BCUT2D eigenvalue weighted by molar-refractivity contribution is -0.141. The maximum absolute atomic E-state index is 14.0. The van der Waals surface area contributed by atoms with Gasteiger partial charge in [-0.25, -0.2) is 14.4 Å². The van der Waals surface area contributed by atoms with Gasteiger partial charge in [-0.05, 0) is 42.5 Å². The summed E-state index contributed by atoms with van der Waals surface area (Å²) in [5, 5.41) is 0.924. The van der Waals surface area contributed by atoms with Crippen LogP contribution in [0.3, 0.4) is 0 Å². The molecule has 9 heteroatoms. The molecule has 0 bridgehead atoms. The molecule has 1 saturated carbocycles. The Labute approximate surface area is 181 Å². The van der Waals surface area contributed by atoms with Gasteiger partial charge in [0.25, 0.3) is 0 Å². The molecular weight excluding hydrogens is 432 g/mol. The van der Waals surface area contributed by atoms with Crippen molar-refractivity contribution >= 4 is 28.5 Å². The summed E-state index contributed by atoms with van der Waals surface area (Å²) in [6.07, 6.45) is 2.53. The largest absolute Gasteiger partial charge is 0.433 e. The van der Waals surface area contributed by atoms with Crippen LogP contribution < -0.4 is 4.90 Å². The summed E-state index contributed by atoms with van der Waals surface area (Å²) in [7, 11) is 0. The molecule has 0 spiro atoms. The number of halogens is 5. The molecule has 164 valence electrons. The first kappa shape index (κ1) is 20.5. The van der Waals surface area contributed by atoms with Gasteiger partial charge in [0.05, 0.1) is 11.1 Å². The Hall–Kier alpha value is -2.35. The van der Waals surface area contributed by atoms with Crippen LogP contribution in [0.25, 0.3) is 10.9 Å². The molecule has 31 heavy (non-hydrogen) atoms. The minimum atomic E-state index is -4.53. The number of aromatic amines is 1. The van der Waals surface area contributed by atoms with Gasteiger partial charge in [0, 0.05) is 29.3 Å². The maximum atomic E-state index is 14.0. The number of hydrogen-bond donors (Lipinski definition) is 1. The SMILES string of the molecule is Fc1cc2[nH]c3c(c2cc1Cl)CCN(c1nccc(C(F)(F)F)n1)C3CC1CCCC1. The lowest BCUT2D eigenvalue weighted by Crippen LogP contribution is -2.38. The fourth-order valence-corrected chi connectivity index (χ4v) is 5.22. The summed E-state index contributed by atoms with van der Waals surface area (Å²) in [5.74, 6) is 0.0560. The molecule has 3 heterocycles. The number of nitrogens with one attached hydrogen (secondary N) is 1. The number of aromatic nitrogens is 3. The average molecular weight is 453 g/mol. The number of H-pyrrole nitrogens is 1. The van der Waals surface area contributed by atoms with Gasteiger partial charge in [-0.1, -0.05) is 37.3 Å². The van der Waals surface area contributed by atoms with E-state index in [-0.39, 0.29) is 17.0 Å². The zero-order valence-corrected chi connectivity index (χ0v) is 17.4. The number of benzene rings is 1. The van der Waals surface area contributed by atoms with Crippen LogP contribution in [0.4, 0.5) is 23.5 Å². The molecule has 1 aliphatic heterocycles. The first-order valence-electron chi connectivity index (χ1n) is 10.5. The van der Waals surface area contributed by atoms with Crippen molar-refractivity contribution in [1.29, 1.82) is 0 Å². The zero-order valence-electron chi connectivity index (χ0n) is 16.6. The van der Waals surface area contributed by atoms with Crippen molar-refractivity contribution < 1.29 is 17.6 Å². The predicted molar refractivity (Wildman–Crippen MR) is 111 cm³/mol. The van der Waals surface area contributed by atoms with Gasteiger partial charge in [0.15, 0.2) is 0 Å². The highest BCUT2D eigenvalue weighted by Crippen LogP contribution is 2.43. The summed E-state index contributed by atoms with van der Waals surface area (Å²) in [6.45, 7) is 0.480. The minimum absolute atomic E-state index is 0.0604. The van der Waals surface area contributed by atoms with E-state index in [0.29, 0.717) is 24.4 Å². The molecule has 1 unspecified atom stereocenters. The van der Waals surface area contributed by atoms with Gasteiger partial charge in [-0.3, -0.25) is 0 Å². The second-order valence-corrected chi connectivity index (χ2v) is 8.82. The Morgan fingerprint density at radius 2 is 1.97 bits per heavy atom. The van der Waals surface area contributed by atoms with E-state index in [0.717, 1.165) is 61.0 Å². The minimum Gasteiger partial charge on any atom is -0.356 e. The average Bonchev–Trinajstić information content (AvgIpc) is 3.36. The van der Waals surface area contributed by atoms with Crippen LogP contribution in [0.15, 0.2) is 24.4 Å². The molecule has 4 nitrogen and oxygen atoms in total. The van der Waals surface area contributed by atoms with E-state index < -0.39 is 17.7 Å². The number of anilines is 1. The normalized spacial score (nSPS) is 19.9. The van der Waals surface area contributed by atoms with Crippen LogP contribution in [0.5, 0.6) is 0 Å². The monoisotopic (exact) mass is 452 g/mol. The van der Waals surface area contributed by atoms with E-state index in [1.165, 1.54) is 6.07 Å². The van der Waals surface area contributed by atoms with E-state index in [2.05, 4.69) is 15.0 Å². The first-order chi connectivity index (χ1) is 14.8. The first-order valence-corrected chi connectivity index (χ1v) is 10.9. The van der Waals surface area contributed by atoms with Crippen LogP contribution >= 0.6 is 11.6 Å². The van der Waals surface area contributed by atoms with Gasteiger partial charge in [0.2, 0.25) is 5.95 Å². The van der Waals surface area contributed by atoms with Crippen molar-refractivity contribution in [3.05, 3.63) is 52.2 Å². The Bertz CT molecular complexity index is 1120. The molecule has 2 aliphatic rings. The lowest BCUT2D eigenvalue weighted by Gasteiger charge is -2.37. The number of alkyl halides is 3. The van der Waals surface area contributed by atoms with E-state index in [4.69, 9.17) is 11.6 Å². The number of hydrogen-bond acceptors (Lipinski definition) is 3. The van der Waals surface area contributed by atoms with E-state index in [9.17, 15) is 17.6 Å². The zero-order chi connectivity index (χ0) is 21.8. The van der Waals surface area contributed by atoms with Crippen LogP contribution in [-0.2, 0) is 12.6 Å². The van der Waals surface area contributed by atoms with Gasteiger partial charge in [-0.15, -0.1) is 0 Å². The highest BCUT2D eigenvalue weighted by Gasteiger charge is 2.37. The summed E-state index contributed by atoms with van der Waals surface area (Å²) in [5.41, 5.74) is 1.64. The second-order valence-electron chi connectivity index (χ2n) is 8.41. The summed E-state index contributed by atoms with van der Waals surface area (Å²) in [6, 6.07) is 3.70. The van der Waals surface area contributed by atoms with Gasteiger partial charge in [0.1, 0.15) is 11.5 Å². The third-order valence-corrected chi connectivity index (χ3v) is 6.80. The molecule has 1 fully saturated rings. The third kappa shape index (κ3) is 3.75. The maximum Gasteiger partial charge on any atom is 0.433 e. The summed E-state index contributed by atoms with van der Waals surface area (Å²) >= 11 is 6.02. The van der Waals surface area contributed by atoms with Crippen molar-refractivity contribution in [1.82, 2.24) is 15.0 Å². The predicted octanol–water partition coefficient (Wildman–Crippen LogP) is 6.45. The van der Waals surface area contributed by atoms with Gasteiger partial charge >= 0.3 is 6.18 Å². The molecule has 2 aromatic heterocycles. The molecule has 0 amide bonds. The van der Waals surface area contributed by atoms with Crippen LogP contribution in [-0.4, -0.2) is 21.5 Å². The number of nitrogens with zero attached hydrogens (tertiary/aromatic N) is 3. The lowest BCUT2D eigenvalue weighted by atomic mass is 9.89. The van der Waals surface area contributed by atoms with E-state index in [1.54, 1.807) is 6.07 Å². The molecule has 1 aliphatic carbocycles. The molecule has 5 rings (SSSR count). The fourth-order valence-electron chi connectivity index (χ4n) is 5.05. The summed E-state index contributed by atoms with van der Waals surface area (Å²) < 4.78 is 53.8. The standard InChI is InChI=1S/C22H21ClF4N4/c23-15-10-14-13-6-8-31(21-28-7-5-19(30-21)22(25,26)27)18(9-12-3-1-2-4-12)20(13)29-17(14)11-16(15)24/h5,7,10-12,18,29H,1-4,6,8-9H2. The topological polar surface area (TPSA) is 44.8 Å². The van der Waals surface area contributed by atoms with Crippen molar-refractivity contribution in [2.24, 2.45) is 5.92 Å². The number of fused-ring (bicyclic) bond motifs is 3. The molecule has 1 aromatic carbocycles. The Balaban J connectivity index is 1.60. The molecule has 0 saturated heterocycles. The highest BCUT2D eigenvalue weighted by atomic mass is 35.5. The van der Waals surface area contributed by atoms with Crippen LogP contribution in [0.2, 0.25) is 5.02 Å². The second kappa shape index (κ2) is 7.65. The third-order valence-electron chi connectivity index (χ3n) is 6.51. The van der Waals surface area contributed by atoms with Crippen molar-refractivity contribution in [3.63, 3.8) is 0 Å². The summed E-state index contributed by atoms with van der Waals surface area (Å²) in [4.78, 5) is 13.2. The number of rotatable bonds is 3. The highest BCUT2D eigenvalue weighted by molar-refractivity contribution is 6.31. The van der Waals surface area contributed by atoms with E-state index >= 15 is 0 Å². The molecule has 0 radical (unpaired) electrons. The van der Waals surface area contributed by atoms with Crippen LogP contribution in [0, 0.1) is 11.7 Å². The molecule has 1 N–H and O–H groups in total. The van der Waals surface area contributed by atoms with Gasteiger partial charge < -0.3 is 9.88 Å². The molecular formula is C22H21ClF4N4. The van der Waals surface area contributed by atoms with Crippen molar-refractivity contribution in [2.75, 3.05) is 11.4 Å². The quantitative estimate of drug-likeness (QED) is 0.464. The Kier molecular flexibility index (Phi) is 5.07. The Morgan fingerprint density at radius 1 is 1.19 bits per heavy atom. The van der Waals surface area contributed by atoms with Gasteiger partial charge in [-0.2, -0.15) is 13.2 Å². The van der Waals surface area contributed by atoms with Crippen LogP contribution in [0.1, 0.15) is 55.1 Å². The van der Waals surface area contributed by atoms with Crippen molar-refractivity contribution in [3.8, 4) is 0 Å².